The van der Waals surface area contributed by atoms with Gasteiger partial charge in [0.2, 0.25) is 5.91 Å². The average Bonchev–Trinajstić information content (AvgIpc) is 2.67. The van der Waals surface area contributed by atoms with Crippen LogP contribution in [0, 0.1) is 11.8 Å². The highest BCUT2D eigenvalue weighted by Gasteiger charge is 2.72. The predicted molar refractivity (Wildman–Crippen MR) is 99.9 cm³/mol. The van der Waals surface area contributed by atoms with Crippen molar-refractivity contribution < 1.29 is 23.9 Å². The molecule has 1 aromatic rings. The molecule has 2 saturated heterocycles. The van der Waals surface area contributed by atoms with Gasteiger partial charge in [0.1, 0.15) is 17.5 Å². The summed E-state index contributed by atoms with van der Waals surface area (Å²) in [7, 11) is 0. The molecule has 1 aliphatic carbocycles. The van der Waals surface area contributed by atoms with E-state index in [1.54, 1.807) is 47.9 Å². The van der Waals surface area contributed by atoms with Crippen molar-refractivity contribution in [2.75, 3.05) is 19.0 Å². The number of β-lactam (4-membered cyclic amide) rings is 1. The van der Waals surface area contributed by atoms with E-state index in [4.69, 9.17) is 9.47 Å². The summed E-state index contributed by atoms with van der Waals surface area (Å²) in [5.41, 5.74) is 1.37. The zero-order valence-corrected chi connectivity index (χ0v) is 16.0. The molecule has 1 amide bonds. The normalized spacial score (nSPS) is 30.9. The van der Waals surface area contributed by atoms with E-state index in [1.807, 2.05) is 19.1 Å². The lowest BCUT2D eigenvalue weighted by molar-refractivity contribution is -0.177. The minimum Gasteiger partial charge on any atom is -0.464 e. The molecule has 7 heteroatoms. The van der Waals surface area contributed by atoms with Crippen LogP contribution < -0.4 is 0 Å². The van der Waals surface area contributed by atoms with Gasteiger partial charge < -0.3 is 14.4 Å². The fraction of sp³-hybridized carbons (Fsp3) is 0.450. The van der Waals surface area contributed by atoms with E-state index in [0.717, 1.165) is 11.3 Å². The third-order valence-corrected chi connectivity index (χ3v) is 7.24. The number of esters is 2. The van der Waals surface area contributed by atoms with Gasteiger partial charge in [0, 0.05) is 11.3 Å². The molecule has 2 heterocycles. The summed E-state index contributed by atoms with van der Waals surface area (Å²) >= 11 is 1.65. The highest BCUT2D eigenvalue weighted by atomic mass is 32.2. The molecule has 27 heavy (non-hydrogen) atoms. The number of thioether (sulfide) groups is 1. The van der Waals surface area contributed by atoms with Gasteiger partial charge in [-0.1, -0.05) is 31.2 Å². The van der Waals surface area contributed by atoms with E-state index in [2.05, 4.69) is 0 Å². The minimum absolute atomic E-state index is 0.0123. The van der Waals surface area contributed by atoms with Gasteiger partial charge in [-0.05, 0) is 25.0 Å². The Hall–Kier alpha value is -2.28. The van der Waals surface area contributed by atoms with E-state index in [1.165, 1.54) is 0 Å². The van der Waals surface area contributed by atoms with Crippen LogP contribution in [0.4, 0.5) is 0 Å². The molecule has 6 nitrogen and oxygen atoms in total. The van der Waals surface area contributed by atoms with Crippen LogP contribution in [0.5, 0.6) is 0 Å². The van der Waals surface area contributed by atoms with E-state index in [9.17, 15) is 14.4 Å². The molecule has 0 N–H and O–H groups in total. The summed E-state index contributed by atoms with van der Waals surface area (Å²) in [4.78, 5) is 38.3. The minimum atomic E-state index is -0.580. The maximum Gasteiger partial charge on any atom is 0.338 e. The number of nitrogens with zero attached hydrogens (tertiary/aromatic N) is 1. The largest absolute Gasteiger partial charge is 0.464 e. The van der Waals surface area contributed by atoms with Crippen molar-refractivity contribution in [2.45, 2.75) is 24.8 Å². The van der Waals surface area contributed by atoms with E-state index < -0.39 is 16.9 Å². The highest BCUT2D eigenvalue weighted by Crippen LogP contribution is 2.63. The Kier molecular flexibility index (Phi) is 4.50. The van der Waals surface area contributed by atoms with Gasteiger partial charge >= 0.3 is 11.9 Å². The van der Waals surface area contributed by atoms with Crippen molar-refractivity contribution in [3.8, 4) is 0 Å². The fourth-order valence-electron chi connectivity index (χ4n) is 4.05. The van der Waals surface area contributed by atoms with Crippen LogP contribution in [0.3, 0.4) is 0 Å². The highest BCUT2D eigenvalue weighted by molar-refractivity contribution is 8.01. The van der Waals surface area contributed by atoms with Gasteiger partial charge in [-0.25, -0.2) is 9.59 Å². The van der Waals surface area contributed by atoms with Crippen LogP contribution in [0.1, 0.15) is 24.2 Å². The number of hydrogen-bond acceptors (Lipinski definition) is 6. The molecule has 2 aliphatic heterocycles. The van der Waals surface area contributed by atoms with E-state index in [-0.39, 0.29) is 36.9 Å². The summed E-state index contributed by atoms with van der Waals surface area (Å²) < 4.78 is 10.7. The van der Waals surface area contributed by atoms with Crippen LogP contribution in [0.2, 0.25) is 0 Å². The molecule has 4 atom stereocenters. The average molecular weight is 387 g/mol. The Morgan fingerprint density at radius 2 is 2.00 bits per heavy atom. The number of hydrogen-bond donors (Lipinski definition) is 0. The maximum absolute atomic E-state index is 12.6. The van der Waals surface area contributed by atoms with Crippen molar-refractivity contribution in [1.29, 1.82) is 0 Å². The summed E-state index contributed by atoms with van der Waals surface area (Å²) in [5, 5.41) is 0. The fourth-order valence-corrected chi connectivity index (χ4v) is 5.75. The first kappa shape index (κ1) is 18.1. The van der Waals surface area contributed by atoms with Gasteiger partial charge in [-0.15, -0.1) is 11.8 Å². The third-order valence-electron chi connectivity index (χ3n) is 5.39. The Labute approximate surface area is 161 Å². The second-order valence-electron chi connectivity index (χ2n) is 7.00. The van der Waals surface area contributed by atoms with Crippen LogP contribution in [-0.2, 0) is 19.1 Å². The number of carbonyl (C=O) groups is 3. The summed E-state index contributed by atoms with van der Waals surface area (Å²) in [6.07, 6.45) is 1.86. The molecular formula is C20H21NO5S. The van der Waals surface area contributed by atoms with E-state index >= 15 is 0 Å². The van der Waals surface area contributed by atoms with Crippen molar-refractivity contribution in [3.05, 3.63) is 47.5 Å². The van der Waals surface area contributed by atoms with Crippen LogP contribution in [0.25, 0.3) is 0 Å². The van der Waals surface area contributed by atoms with Gasteiger partial charge in [0.05, 0.1) is 18.1 Å². The molecule has 142 valence electrons. The molecule has 1 spiro atoms. The topological polar surface area (TPSA) is 72.9 Å². The van der Waals surface area contributed by atoms with Gasteiger partial charge in [0.15, 0.2) is 0 Å². The second-order valence-corrected chi connectivity index (χ2v) is 8.25. The number of amides is 1. The smallest absolute Gasteiger partial charge is 0.338 e. The molecule has 2 fully saturated rings. The summed E-state index contributed by atoms with van der Waals surface area (Å²) in [6.45, 7) is 4.11. The Balaban J connectivity index is 1.50. The lowest BCUT2D eigenvalue weighted by Gasteiger charge is -2.67. The molecule has 0 bridgehead atoms. The monoisotopic (exact) mass is 387 g/mol. The summed E-state index contributed by atoms with van der Waals surface area (Å²) in [5.74, 6) is -0.289. The number of ether oxygens (including phenoxy) is 2. The Morgan fingerprint density at radius 3 is 2.70 bits per heavy atom. The summed E-state index contributed by atoms with van der Waals surface area (Å²) in [6, 6.07) is 8.22. The molecule has 0 radical (unpaired) electrons. The zero-order chi connectivity index (χ0) is 19.2. The third kappa shape index (κ3) is 2.59. The number of benzene rings is 1. The first-order chi connectivity index (χ1) is 13.0. The van der Waals surface area contributed by atoms with Gasteiger partial charge in [-0.2, -0.15) is 0 Å². The lowest BCUT2D eigenvalue weighted by atomic mass is 9.69. The standard InChI is InChI=1S/C20H21NO5S/c1-3-25-19(24)16-12(2)11-27-20-14(9-15(20)17(22)21(16)20)10-26-18(23)13-7-5-4-6-8-13/h4-9,12,15-16H,3,10-11H2,1-2H3/t12-,15+,16+,20-/m1/s1. The van der Waals surface area contributed by atoms with Crippen molar-refractivity contribution in [1.82, 2.24) is 4.90 Å². The quantitative estimate of drug-likeness (QED) is 0.438. The molecule has 0 unspecified atom stereocenters. The zero-order valence-electron chi connectivity index (χ0n) is 15.2. The van der Waals surface area contributed by atoms with Crippen LogP contribution >= 0.6 is 11.8 Å². The predicted octanol–water partition coefficient (Wildman–Crippen LogP) is 2.25. The van der Waals surface area contributed by atoms with Crippen molar-refractivity contribution >= 4 is 29.6 Å². The molecule has 0 aromatic heterocycles. The Bertz CT molecular complexity index is 823. The molecule has 4 rings (SSSR count). The molecule has 3 aliphatic rings. The number of rotatable bonds is 5. The van der Waals surface area contributed by atoms with Gasteiger partial charge in [0.25, 0.3) is 0 Å². The maximum atomic E-state index is 12.6. The molecule has 0 saturated carbocycles. The molecular weight excluding hydrogens is 366 g/mol. The molecule has 1 aromatic carbocycles. The van der Waals surface area contributed by atoms with Crippen LogP contribution in [-0.4, -0.2) is 52.6 Å². The van der Waals surface area contributed by atoms with E-state index in [0.29, 0.717) is 5.56 Å². The lowest BCUT2D eigenvalue weighted by Crippen LogP contribution is -2.80. The first-order valence-corrected chi connectivity index (χ1v) is 10.1. The van der Waals surface area contributed by atoms with Crippen molar-refractivity contribution in [3.63, 3.8) is 0 Å². The first-order valence-electron chi connectivity index (χ1n) is 9.07. The number of carbonyl (C=O) groups excluding carboxylic acids is 3. The van der Waals surface area contributed by atoms with Gasteiger partial charge in [-0.3, -0.25) is 4.79 Å². The second kappa shape index (κ2) is 6.71. The SMILES string of the molecule is CCOC(=O)[C@@H]1[C@H](C)CS[C@]23C(COC(=O)c4ccccc4)=C[C@H]2C(=O)N13. The Morgan fingerprint density at radius 1 is 1.26 bits per heavy atom. The van der Waals surface area contributed by atoms with Crippen molar-refractivity contribution in [2.24, 2.45) is 11.8 Å². The van der Waals surface area contributed by atoms with Crippen LogP contribution in [0.15, 0.2) is 42.0 Å².